The number of nitrogens with two attached hydrogens (primary N) is 1. The fourth-order valence-corrected chi connectivity index (χ4v) is 1.83. The lowest BCUT2D eigenvalue weighted by Crippen LogP contribution is -2.36. The quantitative estimate of drug-likeness (QED) is 0.337. The third-order valence-electron chi connectivity index (χ3n) is 2.25. The van der Waals surface area contributed by atoms with Crippen LogP contribution in [0.3, 0.4) is 0 Å². The number of nitrogens with one attached hydrogen (secondary N) is 2. The van der Waals surface area contributed by atoms with Gasteiger partial charge >= 0.3 is 0 Å². The third-order valence-corrected chi connectivity index (χ3v) is 2.84. The number of hydrogen-bond donors (Lipinski definition) is 3. The summed E-state index contributed by atoms with van der Waals surface area (Å²) in [7, 11) is 0. The molecule has 4 nitrogen and oxygen atoms in total. The Morgan fingerprint density at radius 2 is 1.94 bits per heavy atom. The van der Waals surface area contributed by atoms with Crippen molar-refractivity contribution in [1.82, 2.24) is 5.43 Å². The molecule has 0 unspecified atom stereocenters. The predicted molar refractivity (Wildman–Crippen MR) is 67.8 cm³/mol. The van der Waals surface area contributed by atoms with Crippen molar-refractivity contribution in [2.75, 3.05) is 5.32 Å². The molecule has 1 aliphatic rings. The number of guanidine groups is 1. The van der Waals surface area contributed by atoms with E-state index < -0.39 is 5.82 Å². The van der Waals surface area contributed by atoms with Crippen LogP contribution in [-0.4, -0.2) is 12.0 Å². The highest BCUT2D eigenvalue weighted by Gasteiger charge is 2.21. The molecule has 1 aliphatic carbocycles. The van der Waals surface area contributed by atoms with Gasteiger partial charge in [-0.15, -0.1) is 0 Å². The second kappa shape index (κ2) is 5.08. The molecule has 1 aromatic carbocycles. The Morgan fingerprint density at radius 3 is 2.41 bits per heavy atom. The van der Waals surface area contributed by atoms with E-state index in [1.54, 1.807) is 0 Å². The van der Waals surface area contributed by atoms with Gasteiger partial charge in [0.15, 0.2) is 0 Å². The van der Waals surface area contributed by atoms with Crippen LogP contribution in [-0.2, 0) is 0 Å². The summed E-state index contributed by atoms with van der Waals surface area (Å²) in [6.45, 7) is 0. The average molecular weight is 277 g/mol. The summed E-state index contributed by atoms with van der Waals surface area (Å²) < 4.78 is 13.0. The lowest BCUT2D eigenvalue weighted by atomic mass is 10.3. The van der Waals surface area contributed by atoms with Gasteiger partial charge in [0.2, 0.25) is 5.96 Å². The van der Waals surface area contributed by atoms with Crippen LogP contribution < -0.4 is 16.6 Å². The standard InChI is InChI=1S/C10H11Cl2FN4/c11-7-3-5(13)4-8(12)9(7)16-10(17-14)15-6-1-2-6/h3-4,6H,1-2,14H2,(H2,15,16,17). The van der Waals surface area contributed by atoms with E-state index in [0.29, 0.717) is 11.6 Å². The first-order valence-corrected chi connectivity index (χ1v) is 5.81. The van der Waals surface area contributed by atoms with Crippen molar-refractivity contribution < 1.29 is 4.39 Å². The Balaban J connectivity index is 2.22. The highest BCUT2D eigenvalue weighted by Crippen LogP contribution is 2.31. The summed E-state index contributed by atoms with van der Waals surface area (Å²) in [5, 5.41) is 3.20. The Bertz CT molecular complexity index is 437. The zero-order valence-corrected chi connectivity index (χ0v) is 10.3. The first-order chi connectivity index (χ1) is 8.10. The number of nitrogens with zero attached hydrogens (tertiary/aromatic N) is 1. The van der Waals surface area contributed by atoms with Gasteiger partial charge in [0.05, 0.1) is 21.8 Å². The molecule has 0 bridgehead atoms. The number of hydrogen-bond acceptors (Lipinski definition) is 2. The van der Waals surface area contributed by atoms with E-state index in [1.165, 1.54) is 12.1 Å². The largest absolute Gasteiger partial charge is 0.323 e. The molecule has 1 aromatic rings. The topological polar surface area (TPSA) is 62.4 Å². The lowest BCUT2D eigenvalue weighted by molar-refractivity contribution is 0.628. The monoisotopic (exact) mass is 276 g/mol. The van der Waals surface area contributed by atoms with Gasteiger partial charge in [-0.1, -0.05) is 23.2 Å². The molecule has 17 heavy (non-hydrogen) atoms. The van der Waals surface area contributed by atoms with Crippen LogP contribution in [0.5, 0.6) is 0 Å². The first kappa shape index (κ1) is 12.4. The fourth-order valence-electron chi connectivity index (χ4n) is 1.27. The van der Waals surface area contributed by atoms with Crippen LogP contribution in [0.25, 0.3) is 0 Å². The maximum absolute atomic E-state index is 13.0. The van der Waals surface area contributed by atoms with Crippen molar-refractivity contribution in [1.29, 1.82) is 0 Å². The molecule has 0 radical (unpaired) electrons. The van der Waals surface area contributed by atoms with E-state index >= 15 is 0 Å². The van der Waals surface area contributed by atoms with Crippen molar-refractivity contribution in [2.24, 2.45) is 10.8 Å². The molecule has 0 heterocycles. The highest BCUT2D eigenvalue weighted by molar-refractivity contribution is 6.39. The van der Waals surface area contributed by atoms with Gasteiger partial charge in [-0.3, -0.25) is 5.43 Å². The minimum absolute atomic E-state index is 0.175. The van der Waals surface area contributed by atoms with Crippen molar-refractivity contribution >= 4 is 34.8 Å². The van der Waals surface area contributed by atoms with Gasteiger partial charge in [0.1, 0.15) is 5.82 Å². The zero-order chi connectivity index (χ0) is 12.4. The van der Waals surface area contributed by atoms with Crippen LogP contribution in [0, 0.1) is 5.82 Å². The number of rotatable bonds is 2. The van der Waals surface area contributed by atoms with Crippen molar-refractivity contribution in [3.05, 3.63) is 28.0 Å². The fraction of sp³-hybridized carbons (Fsp3) is 0.300. The van der Waals surface area contributed by atoms with Gasteiger partial charge in [-0.05, 0) is 25.0 Å². The summed E-state index contributed by atoms with van der Waals surface area (Å²) in [6, 6.07) is 2.62. The van der Waals surface area contributed by atoms with Crippen LogP contribution in [0.15, 0.2) is 17.1 Å². The molecule has 0 saturated heterocycles. The number of halogens is 3. The van der Waals surface area contributed by atoms with Gasteiger partial charge in [-0.25, -0.2) is 15.2 Å². The molecule has 0 aliphatic heterocycles. The molecule has 2 rings (SSSR count). The Hall–Kier alpha value is -1.04. The molecule has 1 saturated carbocycles. The van der Waals surface area contributed by atoms with Crippen LogP contribution in [0.4, 0.5) is 10.1 Å². The number of benzene rings is 1. The van der Waals surface area contributed by atoms with E-state index in [9.17, 15) is 4.39 Å². The molecule has 4 N–H and O–H groups in total. The summed E-state index contributed by atoms with van der Waals surface area (Å²) in [6.07, 6.45) is 2.08. The minimum Gasteiger partial charge on any atom is -0.323 e. The molecule has 0 atom stereocenters. The summed E-state index contributed by atoms with van der Waals surface area (Å²) in [5.41, 5.74) is 2.80. The number of anilines is 1. The van der Waals surface area contributed by atoms with Gasteiger partial charge in [0.25, 0.3) is 0 Å². The van der Waals surface area contributed by atoms with E-state index in [-0.39, 0.29) is 16.1 Å². The molecule has 1 fully saturated rings. The Kier molecular flexibility index (Phi) is 3.71. The van der Waals surface area contributed by atoms with Crippen LogP contribution >= 0.6 is 23.2 Å². The second-order valence-corrected chi connectivity index (χ2v) is 4.54. The van der Waals surface area contributed by atoms with Crippen molar-refractivity contribution in [3.63, 3.8) is 0 Å². The SMILES string of the molecule is NNC(=NC1CC1)Nc1c(Cl)cc(F)cc1Cl. The van der Waals surface area contributed by atoms with Gasteiger partial charge < -0.3 is 5.32 Å². The lowest BCUT2D eigenvalue weighted by Gasteiger charge is -2.12. The van der Waals surface area contributed by atoms with E-state index in [1.807, 2.05) is 0 Å². The summed E-state index contributed by atoms with van der Waals surface area (Å²) >= 11 is 11.8. The molecule has 92 valence electrons. The number of hydrazine groups is 1. The minimum atomic E-state index is -0.494. The van der Waals surface area contributed by atoms with Crippen molar-refractivity contribution in [2.45, 2.75) is 18.9 Å². The van der Waals surface area contributed by atoms with E-state index in [4.69, 9.17) is 29.0 Å². The van der Waals surface area contributed by atoms with Gasteiger partial charge in [-0.2, -0.15) is 0 Å². The molecule has 0 aromatic heterocycles. The molecule has 0 spiro atoms. The normalized spacial score (nSPS) is 15.9. The second-order valence-electron chi connectivity index (χ2n) is 3.72. The molecule has 7 heteroatoms. The van der Waals surface area contributed by atoms with E-state index in [2.05, 4.69) is 15.7 Å². The third kappa shape index (κ3) is 3.21. The molecular weight excluding hydrogens is 266 g/mol. The van der Waals surface area contributed by atoms with Crippen LogP contribution in [0.1, 0.15) is 12.8 Å². The maximum Gasteiger partial charge on any atom is 0.210 e. The van der Waals surface area contributed by atoms with Crippen molar-refractivity contribution in [3.8, 4) is 0 Å². The molecular formula is C10H11Cl2FN4. The zero-order valence-electron chi connectivity index (χ0n) is 8.80. The van der Waals surface area contributed by atoms with Gasteiger partial charge in [0, 0.05) is 0 Å². The van der Waals surface area contributed by atoms with E-state index in [0.717, 1.165) is 12.8 Å². The predicted octanol–water partition coefficient (Wildman–Crippen LogP) is 2.53. The Morgan fingerprint density at radius 1 is 1.35 bits per heavy atom. The Labute approximate surface area is 108 Å². The summed E-state index contributed by atoms with van der Waals surface area (Å²) in [4.78, 5) is 4.26. The average Bonchev–Trinajstić information content (AvgIpc) is 3.05. The number of aliphatic imine (C=N–C) groups is 1. The molecule has 0 amide bonds. The summed E-state index contributed by atoms with van der Waals surface area (Å²) in [5.74, 6) is 5.19. The highest BCUT2D eigenvalue weighted by atomic mass is 35.5. The van der Waals surface area contributed by atoms with Crippen LogP contribution in [0.2, 0.25) is 10.0 Å². The first-order valence-electron chi connectivity index (χ1n) is 5.06. The maximum atomic E-state index is 13.0. The smallest absolute Gasteiger partial charge is 0.210 e.